The van der Waals surface area contributed by atoms with Crippen molar-refractivity contribution < 1.29 is 14.4 Å². The van der Waals surface area contributed by atoms with Crippen molar-refractivity contribution in [1.29, 1.82) is 0 Å². The molecule has 0 aliphatic carbocycles. The third kappa shape index (κ3) is 4.30. The third-order valence-electron chi connectivity index (χ3n) is 6.10. The summed E-state index contributed by atoms with van der Waals surface area (Å²) in [5.41, 5.74) is 6.81. The number of nitrogens with one attached hydrogen (secondary N) is 1. The van der Waals surface area contributed by atoms with Gasteiger partial charge in [-0.1, -0.05) is 24.3 Å². The summed E-state index contributed by atoms with van der Waals surface area (Å²) >= 11 is 0. The van der Waals surface area contributed by atoms with Crippen LogP contribution in [0.15, 0.2) is 54.9 Å². The molecule has 0 saturated heterocycles. The third-order valence-corrected chi connectivity index (χ3v) is 6.10. The van der Waals surface area contributed by atoms with Gasteiger partial charge in [-0.25, -0.2) is 0 Å². The number of nitrogens with zero attached hydrogens (tertiary/aromatic N) is 1. The maximum Gasteiger partial charge on any atom is 0.160 e. The number of pyridine rings is 1. The summed E-state index contributed by atoms with van der Waals surface area (Å²) in [6, 6.07) is 13.8. The summed E-state index contributed by atoms with van der Waals surface area (Å²) in [7, 11) is 0. The van der Waals surface area contributed by atoms with E-state index in [0.29, 0.717) is 16.7 Å². The largest absolute Gasteiger partial charge is 0.309 e. The Labute approximate surface area is 187 Å². The van der Waals surface area contributed by atoms with Gasteiger partial charge >= 0.3 is 0 Å². The van der Waals surface area contributed by atoms with Crippen molar-refractivity contribution in [2.75, 3.05) is 6.54 Å². The van der Waals surface area contributed by atoms with Crippen molar-refractivity contribution in [3.63, 3.8) is 0 Å². The van der Waals surface area contributed by atoms with Gasteiger partial charge in [-0.15, -0.1) is 0 Å². The zero-order valence-electron chi connectivity index (χ0n) is 18.6. The summed E-state index contributed by atoms with van der Waals surface area (Å²) in [5.74, 6) is -0.158. The Balaban J connectivity index is 1.63. The van der Waals surface area contributed by atoms with Crippen LogP contribution in [0.25, 0.3) is 11.1 Å². The topological polar surface area (TPSA) is 76.1 Å². The molecule has 0 spiro atoms. The van der Waals surface area contributed by atoms with Gasteiger partial charge in [0.15, 0.2) is 17.3 Å². The lowest BCUT2D eigenvalue weighted by atomic mass is 9.85. The zero-order valence-corrected chi connectivity index (χ0v) is 18.6. The van der Waals surface area contributed by atoms with E-state index in [4.69, 9.17) is 0 Å². The molecule has 0 fully saturated rings. The second-order valence-electron chi connectivity index (χ2n) is 8.34. The minimum Gasteiger partial charge on any atom is -0.309 e. The molecule has 0 radical (unpaired) electrons. The van der Waals surface area contributed by atoms with Crippen LogP contribution >= 0.6 is 0 Å². The second kappa shape index (κ2) is 8.97. The minimum absolute atomic E-state index is 0.0145. The van der Waals surface area contributed by atoms with Gasteiger partial charge in [-0.3, -0.25) is 19.4 Å². The molecule has 4 rings (SSSR count). The second-order valence-corrected chi connectivity index (χ2v) is 8.34. The van der Waals surface area contributed by atoms with E-state index < -0.39 is 0 Å². The maximum atomic E-state index is 12.2. The fourth-order valence-corrected chi connectivity index (χ4v) is 4.45. The Bertz CT molecular complexity index is 1210. The van der Waals surface area contributed by atoms with Crippen LogP contribution in [0.5, 0.6) is 0 Å². The Morgan fingerprint density at radius 1 is 0.906 bits per heavy atom. The van der Waals surface area contributed by atoms with Crippen molar-refractivity contribution in [3.8, 4) is 11.1 Å². The molecule has 1 aliphatic rings. The number of Topliss-reactive ketones (excluding diaryl/α,β-unsaturated/α-hetero) is 3. The average molecular weight is 427 g/mol. The Kier molecular flexibility index (Phi) is 6.10. The van der Waals surface area contributed by atoms with E-state index in [1.807, 2.05) is 24.3 Å². The lowest BCUT2D eigenvalue weighted by Gasteiger charge is -2.28. The number of hydrogen-bond donors (Lipinski definition) is 1. The molecule has 2 aromatic carbocycles. The highest BCUT2D eigenvalue weighted by atomic mass is 16.1. The van der Waals surface area contributed by atoms with E-state index in [1.54, 1.807) is 25.4 Å². The van der Waals surface area contributed by atoms with E-state index >= 15 is 0 Å². The lowest BCUT2D eigenvalue weighted by molar-refractivity contribution is 0.0980. The van der Waals surface area contributed by atoms with Crippen LogP contribution in [-0.4, -0.2) is 28.9 Å². The van der Waals surface area contributed by atoms with Crippen LogP contribution in [0.4, 0.5) is 0 Å². The predicted molar refractivity (Wildman–Crippen MR) is 124 cm³/mol. The van der Waals surface area contributed by atoms with Crippen LogP contribution in [0, 0.1) is 0 Å². The number of hydrogen-bond acceptors (Lipinski definition) is 5. The summed E-state index contributed by atoms with van der Waals surface area (Å²) in [4.78, 5) is 40.3. The summed E-state index contributed by atoms with van der Waals surface area (Å²) in [6.07, 6.45) is 4.95. The molecule has 1 unspecified atom stereocenters. The number of carbonyl (C=O) groups is 3. The molecule has 1 aliphatic heterocycles. The van der Waals surface area contributed by atoms with Gasteiger partial charge in [0.2, 0.25) is 0 Å². The maximum absolute atomic E-state index is 12.2. The monoisotopic (exact) mass is 426 g/mol. The lowest BCUT2D eigenvalue weighted by Crippen LogP contribution is -2.32. The van der Waals surface area contributed by atoms with Gasteiger partial charge in [0.1, 0.15) is 0 Å². The smallest absolute Gasteiger partial charge is 0.160 e. The first-order valence-corrected chi connectivity index (χ1v) is 10.8. The molecule has 5 heteroatoms. The van der Waals surface area contributed by atoms with Crippen LogP contribution in [0.3, 0.4) is 0 Å². The highest BCUT2D eigenvalue weighted by molar-refractivity contribution is 6.07. The molecule has 1 aromatic heterocycles. The molecular weight excluding hydrogens is 400 g/mol. The van der Waals surface area contributed by atoms with Crippen molar-refractivity contribution in [2.24, 2.45) is 0 Å². The van der Waals surface area contributed by atoms with Crippen LogP contribution in [0.2, 0.25) is 0 Å². The van der Waals surface area contributed by atoms with Crippen molar-refractivity contribution in [3.05, 3.63) is 88.2 Å². The molecular formula is C27H26N2O3. The number of rotatable bonds is 6. The van der Waals surface area contributed by atoms with E-state index in [9.17, 15) is 14.4 Å². The van der Waals surface area contributed by atoms with Gasteiger partial charge in [-0.05, 0) is 80.6 Å². The molecule has 0 saturated carbocycles. The number of aromatic nitrogens is 1. The predicted octanol–water partition coefficient (Wildman–Crippen LogP) is 4.79. The zero-order chi connectivity index (χ0) is 22.8. The molecule has 5 nitrogen and oxygen atoms in total. The summed E-state index contributed by atoms with van der Waals surface area (Å²) < 4.78 is 0. The van der Waals surface area contributed by atoms with Crippen LogP contribution in [-0.2, 0) is 12.8 Å². The van der Waals surface area contributed by atoms with Gasteiger partial charge in [-0.2, -0.15) is 0 Å². The number of carbonyl (C=O) groups excluding carboxylic acids is 3. The minimum atomic E-state index is -0.0931. The standard InChI is InChI=1S/C27H26N2O3/c1-16(30)22-9-10-28-15-26(22)20-6-4-19(5-7-20)12-27-25-14-24(18(3)32)23(17(2)31)13-21(25)8-11-29-27/h4-7,9-10,13-15,27,29H,8,11-12H2,1-3H3. The molecule has 0 bridgehead atoms. The van der Waals surface area contributed by atoms with Crippen molar-refractivity contribution in [1.82, 2.24) is 10.3 Å². The first kappa shape index (κ1) is 21.8. The molecule has 162 valence electrons. The van der Waals surface area contributed by atoms with Gasteiger partial charge in [0.05, 0.1) is 0 Å². The average Bonchev–Trinajstić information content (AvgIpc) is 2.79. The van der Waals surface area contributed by atoms with E-state index in [2.05, 4.69) is 22.4 Å². The number of ketones is 3. The van der Waals surface area contributed by atoms with E-state index in [1.165, 1.54) is 13.8 Å². The first-order chi connectivity index (χ1) is 15.3. The molecule has 0 amide bonds. The van der Waals surface area contributed by atoms with E-state index in [-0.39, 0.29) is 23.4 Å². The Morgan fingerprint density at radius 3 is 2.22 bits per heavy atom. The Hall–Kier alpha value is -3.44. The first-order valence-electron chi connectivity index (χ1n) is 10.8. The quantitative estimate of drug-likeness (QED) is 0.574. The molecule has 2 heterocycles. The normalized spacial score (nSPS) is 15.2. The molecule has 1 atom stereocenters. The molecule has 1 N–H and O–H groups in total. The fourth-order valence-electron chi connectivity index (χ4n) is 4.45. The highest BCUT2D eigenvalue weighted by Gasteiger charge is 2.24. The van der Waals surface area contributed by atoms with Crippen LogP contribution < -0.4 is 5.32 Å². The SMILES string of the molecule is CC(=O)c1cc2c(cc1C(C)=O)C(Cc1ccc(-c3cnccc3C(C)=O)cc1)NCC2. The van der Waals surface area contributed by atoms with Gasteiger partial charge < -0.3 is 5.32 Å². The summed E-state index contributed by atoms with van der Waals surface area (Å²) in [5, 5.41) is 3.56. The highest BCUT2D eigenvalue weighted by Crippen LogP contribution is 2.30. The fraction of sp³-hybridized carbons (Fsp3) is 0.259. The van der Waals surface area contributed by atoms with Crippen molar-refractivity contribution in [2.45, 2.75) is 39.7 Å². The molecule has 32 heavy (non-hydrogen) atoms. The molecule has 3 aromatic rings. The Morgan fingerprint density at radius 2 is 1.56 bits per heavy atom. The summed E-state index contributed by atoms with van der Waals surface area (Å²) in [6.45, 7) is 5.40. The number of benzene rings is 2. The van der Waals surface area contributed by atoms with Gasteiger partial charge in [0.25, 0.3) is 0 Å². The van der Waals surface area contributed by atoms with Crippen molar-refractivity contribution >= 4 is 17.3 Å². The van der Waals surface area contributed by atoms with Crippen LogP contribution in [0.1, 0.15) is 74.6 Å². The van der Waals surface area contributed by atoms with Gasteiger partial charge in [0, 0.05) is 40.7 Å². The number of fused-ring (bicyclic) bond motifs is 1. The van der Waals surface area contributed by atoms with E-state index in [0.717, 1.165) is 47.2 Å².